The SMILES string of the molecule is COc1ccccc1C(=O)N1CCN(c2ccc(NC(=O)CSc3nnc(-c4cccc([N+](=O)[O-])c4)o3)cc2)CC1. The van der Waals surface area contributed by atoms with Gasteiger partial charge >= 0.3 is 0 Å². The maximum absolute atomic E-state index is 13.0. The fourth-order valence-corrected chi connectivity index (χ4v) is 4.94. The highest BCUT2D eigenvalue weighted by atomic mass is 32.2. The highest BCUT2D eigenvalue weighted by Crippen LogP contribution is 2.27. The highest BCUT2D eigenvalue weighted by molar-refractivity contribution is 7.99. The van der Waals surface area contributed by atoms with Gasteiger partial charge in [0.25, 0.3) is 16.8 Å². The van der Waals surface area contributed by atoms with Crippen LogP contribution in [0, 0.1) is 10.1 Å². The van der Waals surface area contributed by atoms with E-state index >= 15 is 0 Å². The van der Waals surface area contributed by atoms with E-state index in [1.165, 1.54) is 18.2 Å². The molecule has 2 heterocycles. The Hall–Kier alpha value is -4.91. The van der Waals surface area contributed by atoms with Crippen LogP contribution >= 0.6 is 11.8 Å². The van der Waals surface area contributed by atoms with E-state index in [2.05, 4.69) is 20.4 Å². The maximum Gasteiger partial charge on any atom is 0.277 e. The van der Waals surface area contributed by atoms with Crippen molar-refractivity contribution in [3.05, 3.63) is 88.5 Å². The van der Waals surface area contributed by atoms with Crippen LogP contribution in [-0.4, -0.2) is 70.9 Å². The number of carbonyl (C=O) groups is 2. The minimum atomic E-state index is -0.500. The number of nitro benzene ring substituents is 1. The number of nitrogens with zero attached hydrogens (tertiary/aromatic N) is 5. The molecule has 13 heteroatoms. The van der Waals surface area contributed by atoms with Crippen LogP contribution in [0.4, 0.5) is 17.1 Å². The molecule has 210 valence electrons. The van der Waals surface area contributed by atoms with Crippen LogP contribution in [0.1, 0.15) is 10.4 Å². The van der Waals surface area contributed by atoms with Crippen molar-refractivity contribution in [3.8, 4) is 17.2 Å². The number of hydrogen-bond acceptors (Lipinski definition) is 10. The third kappa shape index (κ3) is 6.64. The van der Waals surface area contributed by atoms with E-state index in [0.29, 0.717) is 48.7 Å². The van der Waals surface area contributed by atoms with Crippen LogP contribution in [0.2, 0.25) is 0 Å². The number of hydrogen-bond donors (Lipinski definition) is 1. The Morgan fingerprint density at radius 3 is 2.51 bits per heavy atom. The number of anilines is 2. The Morgan fingerprint density at radius 2 is 1.78 bits per heavy atom. The first kappa shape index (κ1) is 27.6. The predicted octanol–water partition coefficient (Wildman–Crippen LogP) is 4.35. The lowest BCUT2D eigenvalue weighted by atomic mass is 10.1. The van der Waals surface area contributed by atoms with Gasteiger partial charge in [-0.3, -0.25) is 19.7 Å². The number of piperazine rings is 1. The minimum Gasteiger partial charge on any atom is -0.496 e. The zero-order valence-corrected chi connectivity index (χ0v) is 22.9. The van der Waals surface area contributed by atoms with Crippen molar-refractivity contribution in [1.82, 2.24) is 15.1 Å². The third-order valence-electron chi connectivity index (χ3n) is 6.46. The van der Waals surface area contributed by atoms with E-state index in [-0.39, 0.29) is 34.4 Å². The van der Waals surface area contributed by atoms with Gasteiger partial charge in [0.1, 0.15) is 5.75 Å². The van der Waals surface area contributed by atoms with E-state index in [0.717, 1.165) is 17.4 Å². The molecule has 0 saturated carbocycles. The number of benzene rings is 3. The molecule has 0 bridgehead atoms. The smallest absolute Gasteiger partial charge is 0.277 e. The van der Waals surface area contributed by atoms with Crippen molar-refractivity contribution in [2.45, 2.75) is 5.22 Å². The number of nitro groups is 1. The van der Waals surface area contributed by atoms with Gasteiger partial charge in [-0.2, -0.15) is 0 Å². The lowest BCUT2D eigenvalue weighted by Crippen LogP contribution is -2.48. The number of thioether (sulfide) groups is 1. The molecule has 41 heavy (non-hydrogen) atoms. The number of non-ortho nitro benzene ring substituents is 1. The van der Waals surface area contributed by atoms with E-state index in [9.17, 15) is 19.7 Å². The predicted molar refractivity (Wildman–Crippen MR) is 153 cm³/mol. The van der Waals surface area contributed by atoms with Crippen molar-refractivity contribution in [2.24, 2.45) is 0 Å². The Bertz CT molecular complexity index is 1550. The van der Waals surface area contributed by atoms with Gasteiger partial charge < -0.3 is 24.3 Å². The molecular weight excluding hydrogens is 548 g/mol. The second-order valence-corrected chi connectivity index (χ2v) is 9.97. The van der Waals surface area contributed by atoms with Crippen molar-refractivity contribution in [3.63, 3.8) is 0 Å². The number of methoxy groups -OCH3 is 1. The summed E-state index contributed by atoms with van der Waals surface area (Å²) in [7, 11) is 1.56. The maximum atomic E-state index is 13.0. The Balaban J connectivity index is 1.10. The molecule has 1 aliphatic heterocycles. The second-order valence-electron chi connectivity index (χ2n) is 9.04. The molecule has 0 spiro atoms. The molecule has 0 aliphatic carbocycles. The Labute approximate surface area is 239 Å². The van der Waals surface area contributed by atoms with Gasteiger partial charge in [0, 0.05) is 55.2 Å². The summed E-state index contributed by atoms with van der Waals surface area (Å²) >= 11 is 1.07. The molecule has 0 radical (unpaired) electrons. The first-order valence-electron chi connectivity index (χ1n) is 12.7. The van der Waals surface area contributed by atoms with Crippen LogP contribution in [0.5, 0.6) is 5.75 Å². The van der Waals surface area contributed by atoms with Crippen molar-refractivity contribution >= 4 is 40.6 Å². The Kier molecular flexibility index (Phi) is 8.44. The summed E-state index contributed by atoms with van der Waals surface area (Å²) in [5.41, 5.74) is 2.55. The first-order valence-corrected chi connectivity index (χ1v) is 13.7. The quantitative estimate of drug-likeness (QED) is 0.174. The highest BCUT2D eigenvalue weighted by Gasteiger charge is 2.24. The van der Waals surface area contributed by atoms with Gasteiger partial charge in [0.2, 0.25) is 11.8 Å². The van der Waals surface area contributed by atoms with Gasteiger partial charge in [-0.15, -0.1) is 10.2 Å². The van der Waals surface area contributed by atoms with Gasteiger partial charge in [0.05, 0.1) is 23.3 Å². The zero-order valence-electron chi connectivity index (χ0n) is 22.1. The van der Waals surface area contributed by atoms with E-state index in [1.807, 2.05) is 41.3 Å². The largest absolute Gasteiger partial charge is 0.496 e. The van der Waals surface area contributed by atoms with Gasteiger partial charge in [-0.25, -0.2) is 0 Å². The molecule has 3 aromatic carbocycles. The minimum absolute atomic E-state index is 0.0422. The van der Waals surface area contributed by atoms with Crippen LogP contribution in [-0.2, 0) is 4.79 Å². The van der Waals surface area contributed by atoms with Gasteiger partial charge in [-0.1, -0.05) is 30.0 Å². The van der Waals surface area contributed by atoms with Crippen molar-refractivity contribution < 1.29 is 23.7 Å². The second kappa shape index (κ2) is 12.5. The average Bonchev–Trinajstić information content (AvgIpc) is 3.49. The molecular formula is C28H26N6O6S. The van der Waals surface area contributed by atoms with Crippen LogP contribution in [0.25, 0.3) is 11.5 Å². The lowest BCUT2D eigenvalue weighted by Gasteiger charge is -2.36. The topological polar surface area (TPSA) is 144 Å². The molecule has 1 fully saturated rings. The molecule has 5 rings (SSSR count). The summed E-state index contributed by atoms with van der Waals surface area (Å²) in [6.45, 7) is 2.55. The summed E-state index contributed by atoms with van der Waals surface area (Å²) in [6.07, 6.45) is 0. The first-order chi connectivity index (χ1) is 19.9. The molecule has 0 unspecified atom stereocenters. The van der Waals surface area contributed by atoms with Crippen molar-refractivity contribution in [2.75, 3.05) is 49.3 Å². The summed E-state index contributed by atoms with van der Waals surface area (Å²) in [4.78, 5) is 40.0. The molecule has 0 atom stereocenters. The standard InChI is InChI=1S/C28H26N6O6S/c1-39-24-8-3-2-7-23(24)27(36)33-15-13-32(14-16-33)21-11-9-20(10-12-21)29-25(35)18-41-28-31-30-26(40-28)19-5-4-6-22(17-19)34(37)38/h2-12,17H,13-16,18H2,1H3,(H,29,35). The van der Waals surface area contributed by atoms with E-state index in [4.69, 9.17) is 9.15 Å². The molecule has 1 aliphatic rings. The number of nitrogens with one attached hydrogen (secondary N) is 1. The molecule has 1 N–H and O–H groups in total. The molecule has 1 saturated heterocycles. The zero-order chi connectivity index (χ0) is 28.8. The number of carbonyl (C=O) groups excluding carboxylic acids is 2. The fraction of sp³-hybridized carbons (Fsp3) is 0.214. The van der Waals surface area contributed by atoms with Gasteiger partial charge in [0.15, 0.2) is 0 Å². The lowest BCUT2D eigenvalue weighted by molar-refractivity contribution is -0.384. The average molecular weight is 575 g/mol. The monoisotopic (exact) mass is 574 g/mol. The molecule has 4 aromatic rings. The number of aromatic nitrogens is 2. The van der Waals surface area contributed by atoms with Crippen LogP contribution in [0.15, 0.2) is 82.4 Å². The third-order valence-corrected chi connectivity index (χ3v) is 7.28. The number of para-hydroxylation sites is 1. The van der Waals surface area contributed by atoms with Gasteiger partial charge in [-0.05, 0) is 42.5 Å². The van der Waals surface area contributed by atoms with E-state index < -0.39 is 4.92 Å². The summed E-state index contributed by atoms with van der Waals surface area (Å²) < 4.78 is 10.9. The fourth-order valence-electron chi connectivity index (χ4n) is 4.38. The Morgan fingerprint density at radius 1 is 1.02 bits per heavy atom. The van der Waals surface area contributed by atoms with Crippen LogP contribution < -0.4 is 15.0 Å². The van der Waals surface area contributed by atoms with Crippen molar-refractivity contribution in [1.29, 1.82) is 0 Å². The summed E-state index contributed by atoms with van der Waals surface area (Å²) in [6, 6.07) is 20.6. The summed E-state index contributed by atoms with van der Waals surface area (Å²) in [5, 5.41) is 21.8. The molecule has 12 nitrogen and oxygen atoms in total. The number of ether oxygens (including phenoxy) is 1. The molecule has 2 amide bonds. The van der Waals surface area contributed by atoms with E-state index in [1.54, 1.807) is 25.3 Å². The molecule has 1 aromatic heterocycles. The number of rotatable bonds is 9. The summed E-state index contributed by atoms with van der Waals surface area (Å²) in [5.74, 6) is 0.455. The normalized spacial score (nSPS) is 13.1. The number of amides is 2. The van der Waals surface area contributed by atoms with Crippen LogP contribution in [0.3, 0.4) is 0 Å².